The van der Waals surface area contributed by atoms with E-state index in [0.29, 0.717) is 31.0 Å². The van der Waals surface area contributed by atoms with Crippen molar-refractivity contribution in [3.05, 3.63) is 42.2 Å². The van der Waals surface area contributed by atoms with Crippen molar-refractivity contribution >= 4 is 11.9 Å². The van der Waals surface area contributed by atoms with Crippen molar-refractivity contribution in [2.45, 2.75) is 64.5 Å². The number of unbranched alkanes of at least 4 members (excludes halogenated alkanes) is 2. The number of carboxylic acids is 1. The highest BCUT2D eigenvalue weighted by molar-refractivity contribution is 5.79. The van der Waals surface area contributed by atoms with Crippen LogP contribution >= 0.6 is 0 Å². The number of carboxylic acid groups (broad SMARTS) is 1. The second-order valence-electron chi connectivity index (χ2n) is 9.73. The van der Waals surface area contributed by atoms with Crippen molar-refractivity contribution in [3.63, 3.8) is 0 Å². The molecule has 0 saturated carbocycles. The van der Waals surface area contributed by atoms with Gasteiger partial charge in [0, 0.05) is 50.5 Å². The van der Waals surface area contributed by atoms with Crippen molar-refractivity contribution in [2.75, 3.05) is 33.0 Å². The molecule has 2 aliphatic heterocycles. The molecular formula is C27H38N4O5. The maximum atomic E-state index is 13.4. The lowest BCUT2D eigenvalue weighted by atomic mass is 9.84. The Morgan fingerprint density at radius 3 is 2.56 bits per heavy atom. The van der Waals surface area contributed by atoms with Gasteiger partial charge in [-0.1, -0.05) is 32.8 Å². The number of aliphatic carboxylic acids is 1. The minimum absolute atomic E-state index is 0.0801. The van der Waals surface area contributed by atoms with Crippen molar-refractivity contribution < 1.29 is 24.2 Å². The van der Waals surface area contributed by atoms with Crippen LogP contribution in [0.15, 0.2) is 36.7 Å². The summed E-state index contributed by atoms with van der Waals surface area (Å²) < 4.78 is 12.8. The Labute approximate surface area is 213 Å². The van der Waals surface area contributed by atoms with Gasteiger partial charge in [0.05, 0.1) is 12.5 Å². The van der Waals surface area contributed by atoms with Crippen LogP contribution < -0.4 is 9.47 Å². The van der Waals surface area contributed by atoms with Crippen molar-refractivity contribution in [1.82, 2.24) is 19.6 Å². The highest BCUT2D eigenvalue weighted by Crippen LogP contribution is 2.42. The third kappa shape index (κ3) is 6.00. The van der Waals surface area contributed by atoms with E-state index in [9.17, 15) is 14.7 Å². The molecule has 0 spiro atoms. The van der Waals surface area contributed by atoms with Gasteiger partial charge >= 0.3 is 5.97 Å². The first-order chi connectivity index (χ1) is 17.5. The van der Waals surface area contributed by atoms with E-state index < -0.39 is 11.9 Å². The Morgan fingerprint density at radius 2 is 1.89 bits per heavy atom. The van der Waals surface area contributed by atoms with E-state index in [4.69, 9.17) is 9.47 Å². The summed E-state index contributed by atoms with van der Waals surface area (Å²) in [5.41, 5.74) is 0.902. The Kier molecular flexibility index (Phi) is 8.85. The highest BCUT2D eigenvalue weighted by Gasteiger charge is 2.47. The number of carbonyl (C=O) groups excluding carboxylic acids is 1. The smallest absolute Gasteiger partial charge is 0.308 e. The van der Waals surface area contributed by atoms with Gasteiger partial charge in [-0.05, 0) is 43.0 Å². The predicted octanol–water partition coefficient (Wildman–Crippen LogP) is 3.60. The quantitative estimate of drug-likeness (QED) is 0.451. The first-order valence-electron chi connectivity index (χ1n) is 13.1. The molecule has 1 fully saturated rings. The van der Waals surface area contributed by atoms with E-state index >= 15 is 0 Å². The molecule has 3 unspecified atom stereocenters. The molecule has 3 heterocycles. The summed E-state index contributed by atoms with van der Waals surface area (Å²) in [7, 11) is 0. The lowest BCUT2D eigenvalue weighted by molar-refractivity contribution is -0.144. The first-order valence-corrected chi connectivity index (χ1v) is 13.1. The van der Waals surface area contributed by atoms with E-state index in [-0.39, 0.29) is 31.2 Å². The van der Waals surface area contributed by atoms with Gasteiger partial charge in [-0.15, -0.1) is 0 Å². The summed E-state index contributed by atoms with van der Waals surface area (Å²) in [4.78, 5) is 30.1. The van der Waals surface area contributed by atoms with Crippen molar-refractivity contribution in [1.29, 1.82) is 0 Å². The van der Waals surface area contributed by atoms with E-state index in [1.165, 1.54) is 0 Å². The zero-order valence-electron chi connectivity index (χ0n) is 21.3. The van der Waals surface area contributed by atoms with E-state index in [1.54, 1.807) is 6.20 Å². The van der Waals surface area contributed by atoms with E-state index in [0.717, 1.165) is 44.3 Å². The molecule has 9 nitrogen and oxygen atoms in total. The summed E-state index contributed by atoms with van der Waals surface area (Å²) in [6.07, 6.45) is 8.19. The van der Waals surface area contributed by atoms with Gasteiger partial charge in [0.1, 0.15) is 0 Å². The van der Waals surface area contributed by atoms with Crippen LogP contribution in [0.2, 0.25) is 0 Å². The third-order valence-corrected chi connectivity index (χ3v) is 7.33. The molecule has 36 heavy (non-hydrogen) atoms. The van der Waals surface area contributed by atoms with Crippen LogP contribution in [0.3, 0.4) is 0 Å². The summed E-state index contributed by atoms with van der Waals surface area (Å²) in [5, 5.41) is 14.6. The maximum absolute atomic E-state index is 13.4. The molecular weight excluding hydrogens is 460 g/mol. The minimum atomic E-state index is -0.841. The van der Waals surface area contributed by atoms with Crippen LogP contribution in [0, 0.1) is 5.92 Å². The second-order valence-corrected chi connectivity index (χ2v) is 9.73. The topological polar surface area (TPSA) is 97.1 Å². The van der Waals surface area contributed by atoms with Gasteiger partial charge in [-0.2, -0.15) is 5.10 Å². The Morgan fingerprint density at radius 1 is 1.14 bits per heavy atom. The summed E-state index contributed by atoms with van der Waals surface area (Å²) >= 11 is 0. The number of benzene rings is 1. The van der Waals surface area contributed by atoms with Gasteiger partial charge in [0.25, 0.3) is 0 Å². The molecule has 1 N–H and O–H groups in total. The Bertz CT molecular complexity index is 1000. The molecule has 2 aromatic rings. The number of aromatic nitrogens is 2. The average Bonchev–Trinajstić information content (AvgIpc) is 3.62. The normalized spacial score (nSPS) is 21.1. The Balaban J connectivity index is 1.58. The fraction of sp³-hybridized carbons (Fsp3) is 0.593. The van der Waals surface area contributed by atoms with Crippen LogP contribution in [0.25, 0.3) is 0 Å². The zero-order valence-corrected chi connectivity index (χ0v) is 21.3. The molecule has 1 saturated heterocycles. The van der Waals surface area contributed by atoms with Crippen LogP contribution in [0.4, 0.5) is 0 Å². The SMILES string of the molecule is CCCCN(CCCC)C(=O)CN1CC(c2ccc3c(c2)OCO3)C(C(=O)O)C1CCn1cccn1. The number of likely N-dealkylation sites (tertiary alicyclic amines) is 1. The summed E-state index contributed by atoms with van der Waals surface area (Å²) in [6.45, 7) is 7.23. The second kappa shape index (κ2) is 12.3. The number of hydrogen-bond acceptors (Lipinski definition) is 6. The van der Waals surface area contributed by atoms with Crippen LogP contribution in [0.1, 0.15) is 57.4 Å². The molecule has 1 aromatic heterocycles. The van der Waals surface area contributed by atoms with Gasteiger partial charge in [-0.3, -0.25) is 19.2 Å². The number of carbonyl (C=O) groups is 2. The maximum Gasteiger partial charge on any atom is 0.308 e. The third-order valence-electron chi connectivity index (χ3n) is 7.33. The fourth-order valence-corrected chi connectivity index (χ4v) is 5.36. The van der Waals surface area contributed by atoms with Gasteiger partial charge in [0.2, 0.25) is 12.7 Å². The van der Waals surface area contributed by atoms with Gasteiger partial charge in [-0.25, -0.2) is 0 Å². The number of rotatable bonds is 13. The predicted molar refractivity (Wildman–Crippen MR) is 135 cm³/mol. The average molecular weight is 499 g/mol. The standard InChI is InChI=1S/C27H38N4O5/c1-3-5-12-29(13-6-4-2)25(32)18-30-17-21(20-8-9-23-24(16-20)36-19-35-23)26(27(33)34)22(30)10-15-31-14-7-11-28-31/h7-9,11,14,16,21-22,26H,3-6,10,12-13,15,17-19H2,1-2H3,(H,33,34). The minimum Gasteiger partial charge on any atom is -0.481 e. The molecule has 0 bridgehead atoms. The number of amides is 1. The van der Waals surface area contributed by atoms with Crippen molar-refractivity contribution in [2.24, 2.45) is 5.92 Å². The Hall–Kier alpha value is -3.07. The van der Waals surface area contributed by atoms with Crippen LogP contribution in [0.5, 0.6) is 11.5 Å². The van der Waals surface area contributed by atoms with Crippen LogP contribution in [-0.4, -0.2) is 75.6 Å². The highest BCUT2D eigenvalue weighted by atomic mass is 16.7. The van der Waals surface area contributed by atoms with Crippen molar-refractivity contribution in [3.8, 4) is 11.5 Å². The lowest BCUT2D eigenvalue weighted by Gasteiger charge is -2.29. The fourth-order valence-electron chi connectivity index (χ4n) is 5.36. The number of fused-ring (bicyclic) bond motifs is 1. The molecule has 196 valence electrons. The van der Waals surface area contributed by atoms with Gasteiger partial charge < -0.3 is 19.5 Å². The molecule has 4 rings (SSSR count). The molecule has 0 radical (unpaired) electrons. The molecule has 9 heteroatoms. The lowest BCUT2D eigenvalue weighted by Crippen LogP contribution is -2.45. The van der Waals surface area contributed by atoms with Gasteiger partial charge in [0.15, 0.2) is 11.5 Å². The molecule has 2 aliphatic rings. The first kappa shape index (κ1) is 26.0. The number of hydrogen-bond donors (Lipinski definition) is 1. The monoisotopic (exact) mass is 498 g/mol. The number of ether oxygens (including phenoxy) is 2. The number of aryl methyl sites for hydroxylation is 1. The summed E-state index contributed by atoms with van der Waals surface area (Å²) in [5.74, 6) is -0.345. The van der Waals surface area contributed by atoms with E-state index in [2.05, 4.69) is 23.8 Å². The number of nitrogens with zero attached hydrogens (tertiary/aromatic N) is 4. The summed E-state index contributed by atoms with van der Waals surface area (Å²) in [6, 6.07) is 7.25. The molecule has 3 atom stereocenters. The largest absolute Gasteiger partial charge is 0.481 e. The zero-order chi connectivity index (χ0) is 25.5. The molecule has 1 aromatic carbocycles. The van der Waals surface area contributed by atoms with E-state index in [1.807, 2.05) is 40.0 Å². The molecule has 0 aliphatic carbocycles. The molecule has 1 amide bonds. The van der Waals surface area contributed by atoms with Crippen LogP contribution in [-0.2, 0) is 16.1 Å².